The second-order valence-corrected chi connectivity index (χ2v) is 7.34. The Labute approximate surface area is 137 Å². The molecule has 0 aromatic heterocycles. The van der Waals surface area contributed by atoms with Crippen LogP contribution in [0.2, 0.25) is 5.02 Å². The highest BCUT2D eigenvalue weighted by Crippen LogP contribution is 2.27. The van der Waals surface area contributed by atoms with E-state index in [1.54, 1.807) is 36.4 Å². The summed E-state index contributed by atoms with van der Waals surface area (Å²) in [7, 11) is -2.25. The van der Waals surface area contributed by atoms with Crippen LogP contribution in [0.15, 0.2) is 51.8 Å². The topological polar surface area (TPSA) is 55.4 Å². The molecule has 1 N–H and O–H groups in total. The third-order valence-corrected chi connectivity index (χ3v) is 4.92. The zero-order valence-corrected chi connectivity index (χ0v) is 14.3. The van der Waals surface area contributed by atoms with Crippen LogP contribution in [0.4, 0.5) is 0 Å². The molecule has 0 saturated heterocycles. The zero-order chi connectivity index (χ0) is 15.5. The lowest BCUT2D eigenvalue weighted by Gasteiger charge is -2.11. The minimum Gasteiger partial charge on any atom is -0.495 e. The molecule has 0 unspecified atom stereocenters. The lowest BCUT2D eigenvalue weighted by Crippen LogP contribution is -2.23. The molecule has 2 aromatic rings. The van der Waals surface area contributed by atoms with Crippen molar-refractivity contribution >= 4 is 37.6 Å². The number of rotatable bonds is 5. The van der Waals surface area contributed by atoms with Crippen molar-refractivity contribution in [2.75, 3.05) is 7.11 Å². The Hall–Kier alpha value is -1.08. The standard InChI is InChI=1S/C14H13BrClNO3S/c1-20-13-6-5-11(15)8-14(13)21(18,19)17-9-10-3-2-4-12(16)7-10/h2-8,17H,9H2,1H3. The summed E-state index contributed by atoms with van der Waals surface area (Å²) in [5.41, 5.74) is 0.778. The predicted molar refractivity (Wildman–Crippen MR) is 86.2 cm³/mol. The number of halogens is 2. The maximum atomic E-state index is 12.4. The van der Waals surface area contributed by atoms with Gasteiger partial charge in [-0.15, -0.1) is 0 Å². The van der Waals surface area contributed by atoms with Crippen LogP contribution in [0.1, 0.15) is 5.56 Å². The van der Waals surface area contributed by atoms with E-state index in [9.17, 15) is 8.42 Å². The van der Waals surface area contributed by atoms with Crippen molar-refractivity contribution < 1.29 is 13.2 Å². The van der Waals surface area contributed by atoms with Crippen LogP contribution < -0.4 is 9.46 Å². The molecule has 0 aliphatic rings. The Morgan fingerprint density at radius 2 is 2.00 bits per heavy atom. The van der Waals surface area contributed by atoms with Gasteiger partial charge in [-0.3, -0.25) is 0 Å². The lowest BCUT2D eigenvalue weighted by atomic mass is 10.2. The Morgan fingerprint density at radius 3 is 2.67 bits per heavy atom. The summed E-state index contributed by atoms with van der Waals surface area (Å²) in [6.07, 6.45) is 0. The monoisotopic (exact) mass is 389 g/mol. The molecule has 7 heteroatoms. The third kappa shape index (κ3) is 4.20. The van der Waals surface area contributed by atoms with E-state index in [2.05, 4.69) is 20.7 Å². The number of hydrogen-bond donors (Lipinski definition) is 1. The quantitative estimate of drug-likeness (QED) is 0.849. The molecule has 4 nitrogen and oxygen atoms in total. The first-order chi connectivity index (χ1) is 9.92. The van der Waals surface area contributed by atoms with E-state index < -0.39 is 10.0 Å². The van der Waals surface area contributed by atoms with Crippen LogP contribution in [0.3, 0.4) is 0 Å². The van der Waals surface area contributed by atoms with E-state index in [0.717, 1.165) is 5.56 Å². The molecule has 2 rings (SSSR count). The van der Waals surface area contributed by atoms with Crippen molar-refractivity contribution in [1.82, 2.24) is 4.72 Å². The number of nitrogens with one attached hydrogen (secondary N) is 1. The van der Waals surface area contributed by atoms with Gasteiger partial charge in [0.2, 0.25) is 10.0 Å². The summed E-state index contributed by atoms with van der Waals surface area (Å²) in [6, 6.07) is 11.8. The van der Waals surface area contributed by atoms with E-state index in [4.69, 9.17) is 16.3 Å². The number of ether oxygens (including phenoxy) is 1. The summed E-state index contributed by atoms with van der Waals surface area (Å²) < 4.78 is 33.0. The van der Waals surface area contributed by atoms with Crippen molar-refractivity contribution in [3.05, 3.63) is 57.5 Å². The maximum Gasteiger partial charge on any atom is 0.244 e. The first kappa shape index (κ1) is 16.3. The van der Waals surface area contributed by atoms with Crippen LogP contribution >= 0.6 is 27.5 Å². The van der Waals surface area contributed by atoms with Gasteiger partial charge in [0.1, 0.15) is 10.6 Å². The number of methoxy groups -OCH3 is 1. The van der Waals surface area contributed by atoms with Gasteiger partial charge in [0.15, 0.2) is 0 Å². The van der Waals surface area contributed by atoms with Crippen molar-refractivity contribution in [3.63, 3.8) is 0 Å². The minimum atomic E-state index is -3.68. The number of hydrogen-bond acceptors (Lipinski definition) is 3. The smallest absolute Gasteiger partial charge is 0.244 e. The van der Waals surface area contributed by atoms with Gasteiger partial charge in [-0.2, -0.15) is 0 Å². The van der Waals surface area contributed by atoms with Gasteiger partial charge in [0, 0.05) is 16.0 Å². The third-order valence-electron chi connectivity index (χ3n) is 2.77. The highest BCUT2D eigenvalue weighted by Gasteiger charge is 2.19. The van der Waals surface area contributed by atoms with E-state index >= 15 is 0 Å². The molecular formula is C14H13BrClNO3S. The van der Waals surface area contributed by atoms with Gasteiger partial charge in [-0.25, -0.2) is 13.1 Å². The second-order valence-electron chi connectivity index (χ2n) is 4.25. The van der Waals surface area contributed by atoms with Crippen LogP contribution in [0.25, 0.3) is 0 Å². The summed E-state index contributed by atoms with van der Waals surface area (Å²) >= 11 is 9.14. The largest absolute Gasteiger partial charge is 0.495 e. The maximum absolute atomic E-state index is 12.4. The van der Waals surface area contributed by atoms with Gasteiger partial charge in [0.25, 0.3) is 0 Å². The van der Waals surface area contributed by atoms with Gasteiger partial charge in [-0.1, -0.05) is 39.7 Å². The Bertz CT molecular complexity index is 750. The average molecular weight is 391 g/mol. The second kappa shape index (κ2) is 6.79. The Balaban J connectivity index is 2.24. The van der Waals surface area contributed by atoms with E-state index in [-0.39, 0.29) is 17.2 Å². The molecule has 0 saturated carbocycles. The van der Waals surface area contributed by atoms with E-state index in [1.807, 2.05) is 0 Å². The summed E-state index contributed by atoms with van der Waals surface area (Å²) in [6.45, 7) is 0.151. The van der Waals surface area contributed by atoms with Crippen molar-refractivity contribution in [2.24, 2.45) is 0 Å². The van der Waals surface area contributed by atoms with Crippen LogP contribution in [-0.4, -0.2) is 15.5 Å². The molecule has 0 atom stereocenters. The van der Waals surface area contributed by atoms with Crippen LogP contribution in [-0.2, 0) is 16.6 Å². The van der Waals surface area contributed by atoms with Crippen molar-refractivity contribution in [1.29, 1.82) is 0 Å². The summed E-state index contributed by atoms with van der Waals surface area (Å²) in [4.78, 5) is 0.0846. The van der Waals surface area contributed by atoms with Gasteiger partial charge in [-0.05, 0) is 35.9 Å². The highest BCUT2D eigenvalue weighted by molar-refractivity contribution is 9.10. The van der Waals surface area contributed by atoms with E-state index in [0.29, 0.717) is 9.50 Å². The molecule has 21 heavy (non-hydrogen) atoms. The molecular weight excluding hydrogens is 378 g/mol. The fraction of sp³-hybridized carbons (Fsp3) is 0.143. The highest BCUT2D eigenvalue weighted by atomic mass is 79.9. The number of sulfonamides is 1. The first-order valence-electron chi connectivity index (χ1n) is 6.00. The van der Waals surface area contributed by atoms with E-state index in [1.165, 1.54) is 13.2 Å². The zero-order valence-electron chi connectivity index (χ0n) is 11.1. The van der Waals surface area contributed by atoms with Crippen LogP contribution in [0, 0.1) is 0 Å². The van der Waals surface area contributed by atoms with Crippen LogP contribution in [0.5, 0.6) is 5.75 Å². The Kier molecular flexibility index (Phi) is 5.27. The van der Waals surface area contributed by atoms with Crippen molar-refractivity contribution in [2.45, 2.75) is 11.4 Å². The summed E-state index contributed by atoms with van der Waals surface area (Å²) in [5, 5.41) is 0.562. The molecule has 0 heterocycles. The van der Waals surface area contributed by atoms with Crippen molar-refractivity contribution in [3.8, 4) is 5.75 Å². The van der Waals surface area contributed by atoms with Gasteiger partial charge >= 0.3 is 0 Å². The molecule has 0 aliphatic carbocycles. The molecule has 2 aromatic carbocycles. The minimum absolute atomic E-state index is 0.0846. The SMILES string of the molecule is COc1ccc(Br)cc1S(=O)(=O)NCc1cccc(Cl)c1. The fourth-order valence-corrected chi connectivity index (χ4v) is 3.70. The summed E-state index contributed by atoms with van der Waals surface area (Å²) in [5.74, 6) is 0.289. The molecule has 0 bridgehead atoms. The first-order valence-corrected chi connectivity index (χ1v) is 8.65. The Morgan fingerprint density at radius 1 is 1.24 bits per heavy atom. The molecule has 112 valence electrons. The lowest BCUT2D eigenvalue weighted by molar-refractivity contribution is 0.402. The molecule has 0 aliphatic heterocycles. The number of benzene rings is 2. The van der Waals surface area contributed by atoms with Gasteiger partial charge < -0.3 is 4.74 Å². The molecule has 0 spiro atoms. The fourth-order valence-electron chi connectivity index (χ4n) is 1.76. The molecule has 0 radical (unpaired) electrons. The molecule has 0 amide bonds. The normalized spacial score (nSPS) is 11.4. The van der Waals surface area contributed by atoms with Gasteiger partial charge in [0.05, 0.1) is 7.11 Å². The predicted octanol–water partition coefficient (Wildman–Crippen LogP) is 3.59. The molecule has 0 fully saturated rings. The average Bonchev–Trinajstić information content (AvgIpc) is 2.45.